The van der Waals surface area contributed by atoms with Gasteiger partial charge < -0.3 is 11.1 Å². The minimum absolute atomic E-state index is 0.00681. The van der Waals surface area contributed by atoms with Gasteiger partial charge >= 0.3 is 0 Å². The second-order valence-electron chi connectivity index (χ2n) is 4.29. The highest BCUT2D eigenvalue weighted by atomic mass is 32.2. The van der Waals surface area contributed by atoms with Crippen LogP contribution in [0.15, 0.2) is 24.3 Å². The van der Waals surface area contributed by atoms with E-state index < -0.39 is 0 Å². The molecule has 18 heavy (non-hydrogen) atoms. The molecular weight excluding hydrogens is 244 g/mol. The summed E-state index contributed by atoms with van der Waals surface area (Å²) in [7, 11) is 0. The predicted molar refractivity (Wildman–Crippen MR) is 79.1 cm³/mol. The first-order chi connectivity index (χ1) is 8.69. The smallest absolute Gasteiger partial charge is 0.251 e. The Morgan fingerprint density at radius 3 is 2.83 bits per heavy atom. The lowest BCUT2D eigenvalue weighted by Gasteiger charge is -2.11. The van der Waals surface area contributed by atoms with Crippen molar-refractivity contribution < 1.29 is 4.79 Å². The molecule has 1 aromatic carbocycles. The zero-order chi connectivity index (χ0) is 13.4. The Kier molecular flexibility index (Phi) is 6.83. The van der Waals surface area contributed by atoms with E-state index in [0.717, 1.165) is 30.5 Å². The summed E-state index contributed by atoms with van der Waals surface area (Å²) in [6.45, 7) is 3.45. The van der Waals surface area contributed by atoms with E-state index in [1.54, 1.807) is 0 Å². The van der Waals surface area contributed by atoms with Gasteiger partial charge in [-0.2, -0.15) is 11.8 Å². The molecule has 0 fully saturated rings. The molecule has 0 aromatic heterocycles. The number of amides is 1. The molecule has 1 amide bonds. The van der Waals surface area contributed by atoms with Crippen molar-refractivity contribution in [1.29, 1.82) is 0 Å². The second kappa shape index (κ2) is 8.16. The standard InChI is InChI=1S/C14H22N2OS/c1-11(18-2)8-10-16-14(17)13-6-4-3-5-12(13)7-9-15/h3-6,11H,7-10,15H2,1-2H3,(H,16,17). The van der Waals surface area contributed by atoms with Crippen molar-refractivity contribution in [3.05, 3.63) is 35.4 Å². The minimum atomic E-state index is 0.00681. The van der Waals surface area contributed by atoms with Gasteiger partial charge in [0.1, 0.15) is 0 Å². The number of carbonyl (C=O) groups excluding carboxylic acids is 1. The molecule has 0 aliphatic carbocycles. The number of carbonyl (C=O) groups is 1. The summed E-state index contributed by atoms with van der Waals surface area (Å²) in [4.78, 5) is 12.1. The third-order valence-electron chi connectivity index (χ3n) is 2.91. The molecule has 1 unspecified atom stereocenters. The van der Waals surface area contributed by atoms with Crippen LogP contribution in [0.3, 0.4) is 0 Å². The molecule has 0 aliphatic heterocycles. The van der Waals surface area contributed by atoms with Crippen LogP contribution >= 0.6 is 11.8 Å². The third-order valence-corrected chi connectivity index (χ3v) is 3.95. The van der Waals surface area contributed by atoms with Crippen molar-refractivity contribution in [3.63, 3.8) is 0 Å². The van der Waals surface area contributed by atoms with Crippen molar-refractivity contribution in [2.24, 2.45) is 5.73 Å². The summed E-state index contributed by atoms with van der Waals surface area (Å²) in [5, 5.41) is 3.54. The Balaban J connectivity index is 2.55. The fraction of sp³-hybridized carbons (Fsp3) is 0.500. The lowest BCUT2D eigenvalue weighted by Crippen LogP contribution is -2.27. The molecule has 0 aliphatic rings. The average Bonchev–Trinajstić information content (AvgIpc) is 2.39. The van der Waals surface area contributed by atoms with Crippen LogP contribution < -0.4 is 11.1 Å². The molecule has 1 rings (SSSR count). The number of nitrogens with one attached hydrogen (secondary N) is 1. The Labute approximate surface area is 114 Å². The van der Waals surface area contributed by atoms with Gasteiger partial charge in [0.25, 0.3) is 5.91 Å². The molecule has 0 saturated carbocycles. The highest BCUT2D eigenvalue weighted by Gasteiger charge is 2.10. The molecule has 3 nitrogen and oxygen atoms in total. The number of hydrogen-bond donors (Lipinski definition) is 2. The molecule has 1 atom stereocenters. The Hall–Kier alpha value is -1.00. The highest BCUT2D eigenvalue weighted by molar-refractivity contribution is 7.99. The van der Waals surface area contributed by atoms with Crippen LogP contribution in [-0.2, 0) is 6.42 Å². The molecule has 0 bridgehead atoms. The zero-order valence-electron chi connectivity index (χ0n) is 11.1. The minimum Gasteiger partial charge on any atom is -0.352 e. The van der Waals surface area contributed by atoms with Gasteiger partial charge in [-0.05, 0) is 37.3 Å². The maximum atomic E-state index is 12.1. The fourth-order valence-corrected chi connectivity index (χ4v) is 2.07. The average molecular weight is 266 g/mol. The molecule has 0 spiro atoms. The first-order valence-electron chi connectivity index (χ1n) is 6.28. The van der Waals surface area contributed by atoms with E-state index in [0.29, 0.717) is 11.8 Å². The second-order valence-corrected chi connectivity index (χ2v) is 5.56. The predicted octanol–water partition coefficient (Wildman–Crippen LogP) is 2.06. The van der Waals surface area contributed by atoms with Gasteiger partial charge in [0.15, 0.2) is 0 Å². The third kappa shape index (κ3) is 4.70. The summed E-state index contributed by atoms with van der Waals surface area (Å²) in [5.74, 6) is 0.00681. The van der Waals surface area contributed by atoms with Crippen LogP contribution in [-0.4, -0.2) is 30.5 Å². The van der Waals surface area contributed by atoms with Crippen LogP contribution in [0.4, 0.5) is 0 Å². The maximum Gasteiger partial charge on any atom is 0.251 e. The quantitative estimate of drug-likeness (QED) is 0.794. The van der Waals surface area contributed by atoms with Crippen LogP contribution in [0.2, 0.25) is 0 Å². The van der Waals surface area contributed by atoms with Crippen LogP contribution in [0.1, 0.15) is 29.3 Å². The fourth-order valence-electron chi connectivity index (χ4n) is 1.72. The van der Waals surface area contributed by atoms with Gasteiger partial charge in [-0.25, -0.2) is 0 Å². The highest BCUT2D eigenvalue weighted by Crippen LogP contribution is 2.10. The summed E-state index contributed by atoms with van der Waals surface area (Å²) >= 11 is 1.82. The Morgan fingerprint density at radius 2 is 2.17 bits per heavy atom. The van der Waals surface area contributed by atoms with Crippen molar-refractivity contribution in [2.45, 2.75) is 25.0 Å². The largest absolute Gasteiger partial charge is 0.352 e. The number of benzene rings is 1. The number of nitrogens with two attached hydrogens (primary N) is 1. The molecule has 0 saturated heterocycles. The summed E-state index contributed by atoms with van der Waals surface area (Å²) in [6, 6.07) is 7.65. The molecule has 100 valence electrons. The van der Waals surface area contributed by atoms with Gasteiger partial charge in [-0.1, -0.05) is 25.1 Å². The van der Waals surface area contributed by atoms with Crippen LogP contribution in [0, 0.1) is 0 Å². The van der Waals surface area contributed by atoms with Crippen molar-refractivity contribution in [3.8, 4) is 0 Å². The molecule has 0 heterocycles. The summed E-state index contributed by atoms with van der Waals surface area (Å²) in [5.41, 5.74) is 7.33. The van der Waals surface area contributed by atoms with E-state index in [-0.39, 0.29) is 5.91 Å². The van der Waals surface area contributed by atoms with Crippen molar-refractivity contribution in [2.75, 3.05) is 19.3 Å². The van der Waals surface area contributed by atoms with E-state index in [9.17, 15) is 4.79 Å². The number of hydrogen-bond acceptors (Lipinski definition) is 3. The van der Waals surface area contributed by atoms with Crippen LogP contribution in [0.25, 0.3) is 0 Å². The first-order valence-corrected chi connectivity index (χ1v) is 7.56. The maximum absolute atomic E-state index is 12.1. The van der Waals surface area contributed by atoms with Crippen LogP contribution in [0.5, 0.6) is 0 Å². The van der Waals surface area contributed by atoms with E-state index in [4.69, 9.17) is 5.73 Å². The SMILES string of the molecule is CSC(C)CCNC(=O)c1ccccc1CCN. The van der Waals surface area contributed by atoms with Gasteiger partial charge in [0.2, 0.25) is 0 Å². The Morgan fingerprint density at radius 1 is 1.44 bits per heavy atom. The monoisotopic (exact) mass is 266 g/mol. The molecule has 0 radical (unpaired) electrons. The Bertz CT molecular complexity index is 382. The normalized spacial score (nSPS) is 12.2. The summed E-state index contributed by atoms with van der Waals surface area (Å²) in [6.07, 6.45) is 3.82. The van der Waals surface area contributed by atoms with Gasteiger partial charge in [0, 0.05) is 17.4 Å². The molecule has 3 N–H and O–H groups in total. The van der Waals surface area contributed by atoms with E-state index in [2.05, 4.69) is 18.5 Å². The number of rotatable bonds is 7. The van der Waals surface area contributed by atoms with Crippen molar-refractivity contribution >= 4 is 17.7 Å². The molecule has 4 heteroatoms. The number of thioether (sulfide) groups is 1. The zero-order valence-corrected chi connectivity index (χ0v) is 11.9. The van der Waals surface area contributed by atoms with E-state index >= 15 is 0 Å². The molecule has 1 aromatic rings. The first kappa shape index (κ1) is 15.1. The van der Waals surface area contributed by atoms with Gasteiger partial charge in [0.05, 0.1) is 0 Å². The summed E-state index contributed by atoms with van der Waals surface area (Å²) < 4.78 is 0. The van der Waals surface area contributed by atoms with Gasteiger partial charge in [-0.3, -0.25) is 4.79 Å². The van der Waals surface area contributed by atoms with E-state index in [1.165, 1.54) is 0 Å². The molecular formula is C14H22N2OS. The van der Waals surface area contributed by atoms with E-state index in [1.807, 2.05) is 36.0 Å². The topological polar surface area (TPSA) is 55.1 Å². The van der Waals surface area contributed by atoms with Gasteiger partial charge in [-0.15, -0.1) is 0 Å². The van der Waals surface area contributed by atoms with Crippen molar-refractivity contribution in [1.82, 2.24) is 5.32 Å². The lowest BCUT2D eigenvalue weighted by molar-refractivity contribution is 0.0952. The lowest BCUT2D eigenvalue weighted by atomic mass is 10.0.